The van der Waals surface area contributed by atoms with Crippen molar-refractivity contribution in [2.45, 2.75) is 19.9 Å². The Morgan fingerprint density at radius 2 is 2.00 bits per heavy atom. The Morgan fingerprint density at radius 3 is 2.72 bits per heavy atom. The minimum atomic E-state index is 0.782. The second-order valence-electron chi connectivity index (χ2n) is 4.44. The molecular formula is C14H16N4. The van der Waals surface area contributed by atoms with Gasteiger partial charge in [-0.15, -0.1) is 0 Å². The van der Waals surface area contributed by atoms with Crippen LogP contribution >= 0.6 is 0 Å². The number of hydrogen-bond acceptors (Lipinski definition) is 2. The van der Waals surface area contributed by atoms with E-state index in [1.54, 1.807) is 0 Å². The van der Waals surface area contributed by atoms with E-state index in [9.17, 15) is 0 Å². The number of hydrogen-bond donors (Lipinski definition) is 0. The van der Waals surface area contributed by atoms with Crippen molar-refractivity contribution in [2.75, 3.05) is 0 Å². The minimum absolute atomic E-state index is 0.782. The molecule has 4 nitrogen and oxygen atoms in total. The summed E-state index contributed by atoms with van der Waals surface area (Å²) in [7, 11) is 1.94. The fourth-order valence-electron chi connectivity index (χ4n) is 2.28. The van der Waals surface area contributed by atoms with Crippen LogP contribution in [0.4, 0.5) is 0 Å². The quantitative estimate of drug-likeness (QED) is 0.704. The molecule has 18 heavy (non-hydrogen) atoms. The maximum atomic E-state index is 4.66. The molecule has 0 atom stereocenters. The zero-order valence-corrected chi connectivity index (χ0v) is 10.7. The van der Waals surface area contributed by atoms with Crippen molar-refractivity contribution in [1.29, 1.82) is 0 Å². The lowest BCUT2D eigenvalue weighted by atomic mass is 10.3. The van der Waals surface area contributed by atoms with Crippen LogP contribution in [-0.4, -0.2) is 19.3 Å². The van der Waals surface area contributed by atoms with Gasteiger partial charge in [0.15, 0.2) is 0 Å². The standard InChI is InChI=1S/C14H16N4/c1-3-14-15-12-6-4-5-7-13(12)18(14)10-11-8-9-17(2)16-11/h4-9H,3,10H2,1-2H3. The lowest BCUT2D eigenvalue weighted by molar-refractivity contribution is 0.693. The van der Waals surface area contributed by atoms with Gasteiger partial charge in [-0.2, -0.15) is 5.10 Å². The summed E-state index contributed by atoms with van der Waals surface area (Å²) in [6, 6.07) is 10.3. The normalized spacial score (nSPS) is 11.2. The summed E-state index contributed by atoms with van der Waals surface area (Å²) in [6.07, 6.45) is 2.90. The highest BCUT2D eigenvalue weighted by molar-refractivity contribution is 5.76. The van der Waals surface area contributed by atoms with E-state index in [4.69, 9.17) is 0 Å². The van der Waals surface area contributed by atoms with Gasteiger partial charge >= 0.3 is 0 Å². The molecule has 3 rings (SSSR count). The molecule has 0 aliphatic rings. The second-order valence-corrected chi connectivity index (χ2v) is 4.44. The minimum Gasteiger partial charge on any atom is -0.322 e. The Hall–Kier alpha value is -2.10. The lowest BCUT2D eigenvalue weighted by Gasteiger charge is -2.05. The number of imidazole rings is 1. The zero-order chi connectivity index (χ0) is 12.5. The van der Waals surface area contributed by atoms with E-state index in [1.807, 2.05) is 30.1 Å². The number of nitrogens with zero attached hydrogens (tertiary/aromatic N) is 4. The maximum Gasteiger partial charge on any atom is 0.109 e. The van der Waals surface area contributed by atoms with Crippen molar-refractivity contribution in [3.8, 4) is 0 Å². The Morgan fingerprint density at radius 1 is 1.17 bits per heavy atom. The van der Waals surface area contributed by atoms with E-state index in [0.717, 1.165) is 30.0 Å². The largest absolute Gasteiger partial charge is 0.322 e. The van der Waals surface area contributed by atoms with Gasteiger partial charge in [0.1, 0.15) is 5.82 Å². The van der Waals surface area contributed by atoms with Crippen molar-refractivity contribution in [1.82, 2.24) is 19.3 Å². The average molecular weight is 240 g/mol. The van der Waals surface area contributed by atoms with Crippen molar-refractivity contribution in [3.05, 3.63) is 48.0 Å². The molecule has 0 radical (unpaired) electrons. The molecule has 0 aliphatic heterocycles. The molecule has 0 aliphatic carbocycles. The van der Waals surface area contributed by atoms with Crippen LogP contribution in [0.3, 0.4) is 0 Å². The highest BCUT2D eigenvalue weighted by atomic mass is 15.3. The molecule has 3 aromatic rings. The third-order valence-electron chi connectivity index (χ3n) is 3.14. The van der Waals surface area contributed by atoms with Crippen molar-refractivity contribution < 1.29 is 0 Å². The number of benzene rings is 1. The van der Waals surface area contributed by atoms with Gasteiger partial charge < -0.3 is 4.57 Å². The molecule has 0 saturated heterocycles. The topological polar surface area (TPSA) is 35.6 Å². The first-order chi connectivity index (χ1) is 8.78. The predicted octanol–water partition coefficient (Wildman–Crippen LogP) is 2.38. The van der Waals surface area contributed by atoms with Crippen molar-refractivity contribution in [2.24, 2.45) is 7.05 Å². The van der Waals surface area contributed by atoms with E-state index in [1.165, 1.54) is 5.52 Å². The summed E-state index contributed by atoms with van der Waals surface area (Å²) in [4.78, 5) is 4.66. The van der Waals surface area contributed by atoms with Crippen LogP contribution in [0.5, 0.6) is 0 Å². The van der Waals surface area contributed by atoms with Crippen molar-refractivity contribution in [3.63, 3.8) is 0 Å². The molecule has 2 aromatic heterocycles. The number of rotatable bonds is 3. The molecule has 0 unspecified atom stereocenters. The Balaban J connectivity index is 2.09. The molecule has 0 bridgehead atoms. The van der Waals surface area contributed by atoms with E-state index in [2.05, 4.69) is 39.8 Å². The second kappa shape index (κ2) is 4.29. The smallest absolute Gasteiger partial charge is 0.109 e. The first-order valence-electron chi connectivity index (χ1n) is 6.20. The van der Waals surface area contributed by atoms with Crippen LogP contribution < -0.4 is 0 Å². The molecule has 0 saturated carbocycles. The highest BCUT2D eigenvalue weighted by Crippen LogP contribution is 2.17. The van der Waals surface area contributed by atoms with Gasteiger partial charge in [-0.1, -0.05) is 19.1 Å². The number of fused-ring (bicyclic) bond motifs is 1. The summed E-state index contributed by atoms with van der Waals surface area (Å²) in [5.74, 6) is 1.11. The van der Waals surface area contributed by atoms with E-state index >= 15 is 0 Å². The third-order valence-corrected chi connectivity index (χ3v) is 3.14. The molecule has 0 fully saturated rings. The Bertz CT molecular complexity index is 678. The zero-order valence-electron chi connectivity index (χ0n) is 10.7. The molecule has 0 N–H and O–H groups in total. The molecule has 1 aromatic carbocycles. The average Bonchev–Trinajstić information content (AvgIpc) is 2.94. The van der Waals surface area contributed by atoms with Gasteiger partial charge in [0.05, 0.1) is 23.3 Å². The lowest BCUT2D eigenvalue weighted by Crippen LogP contribution is -2.05. The number of aromatic nitrogens is 4. The van der Waals surface area contributed by atoms with E-state index in [-0.39, 0.29) is 0 Å². The van der Waals surface area contributed by atoms with Gasteiger partial charge in [-0.3, -0.25) is 4.68 Å². The maximum absolute atomic E-state index is 4.66. The van der Waals surface area contributed by atoms with Crippen LogP contribution in [0.25, 0.3) is 11.0 Å². The van der Waals surface area contributed by atoms with E-state index in [0.29, 0.717) is 0 Å². The monoisotopic (exact) mass is 240 g/mol. The first-order valence-corrected chi connectivity index (χ1v) is 6.20. The van der Waals surface area contributed by atoms with Crippen LogP contribution in [0, 0.1) is 0 Å². The SMILES string of the molecule is CCc1nc2ccccc2n1Cc1ccn(C)n1. The van der Waals surface area contributed by atoms with Gasteiger partial charge in [0.2, 0.25) is 0 Å². The molecular weight excluding hydrogens is 224 g/mol. The highest BCUT2D eigenvalue weighted by Gasteiger charge is 2.10. The summed E-state index contributed by atoms with van der Waals surface area (Å²) < 4.78 is 4.08. The predicted molar refractivity (Wildman–Crippen MR) is 71.4 cm³/mol. The summed E-state index contributed by atoms with van der Waals surface area (Å²) in [5, 5.41) is 4.44. The summed E-state index contributed by atoms with van der Waals surface area (Å²) in [6.45, 7) is 2.92. The van der Waals surface area contributed by atoms with Crippen LogP contribution in [0.1, 0.15) is 18.4 Å². The first kappa shape index (κ1) is 11.0. The summed E-state index contributed by atoms with van der Waals surface area (Å²) >= 11 is 0. The van der Waals surface area contributed by atoms with Crippen LogP contribution in [0.15, 0.2) is 36.5 Å². The van der Waals surface area contributed by atoms with Crippen molar-refractivity contribution >= 4 is 11.0 Å². The number of para-hydroxylation sites is 2. The van der Waals surface area contributed by atoms with Gasteiger partial charge in [0, 0.05) is 19.7 Å². The fraction of sp³-hybridized carbons (Fsp3) is 0.286. The fourth-order valence-corrected chi connectivity index (χ4v) is 2.28. The molecule has 2 heterocycles. The van der Waals surface area contributed by atoms with Gasteiger partial charge in [-0.05, 0) is 18.2 Å². The molecule has 4 heteroatoms. The Kier molecular flexibility index (Phi) is 2.63. The summed E-state index contributed by atoms with van der Waals surface area (Å²) in [5.41, 5.74) is 3.31. The molecule has 0 spiro atoms. The molecule has 92 valence electrons. The van der Waals surface area contributed by atoms with Gasteiger partial charge in [-0.25, -0.2) is 4.98 Å². The Labute approximate surface area is 106 Å². The van der Waals surface area contributed by atoms with E-state index < -0.39 is 0 Å². The van der Waals surface area contributed by atoms with Crippen LogP contribution in [-0.2, 0) is 20.0 Å². The molecule has 0 amide bonds. The third kappa shape index (κ3) is 1.79. The number of aryl methyl sites for hydroxylation is 2. The van der Waals surface area contributed by atoms with Gasteiger partial charge in [0.25, 0.3) is 0 Å². The van der Waals surface area contributed by atoms with Crippen LogP contribution in [0.2, 0.25) is 0 Å².